The van der Waals surface area contributed by atoms with Crippen LogP contribution < -0.4 is 20.3 Å². The number of pyridine rings is 2. The molecule has 2 fully saturated rings. The average Bonchev–Trinajstić information content (AvgIpc) is 3.45. The van der Waals surface area contributed by atoms with Gasteiger partial charge in [-0.2, -0.15) is 0 Å². The number of methoxy groups -OCH3 is 1. The van der Waals surface area contributed by atoms with E-state index in [4.69, 9.17) is 9.15 Å². The number of hydrogen-bond donors (Lipinski definition) is 2. The van der Waals surface area contributed by atoms with Crippen LogP contribution >= 0.6 is 0 Å². The zero-order chi connectivity index (χ0) is 27.3. The van der Waals surface area contributed by atoms with E-state index in [1.165, 1.54) is 37.8 Å². The summed E-state index contributed by atoms with van der Waals surface area (Å²) >= 11 is 0. The molecule has 4 heterocycles. The Hall–Kier alpha value is -3.98. The Morgan fingerprint density at radius 3 is 2.55 bits per heavy atom. The number of hydrogen-bond acceptors (Lipinski definition) is 9. The molecule has 0 amide bonds. The Labute approximate surface area is 235 Å². The van der Waals surface area contributed by atoms with Crippen LogP contribution in [-0.2, 0) is 0 Å². The topological polar surface area (TPSA) is 101 Å². The third-order valence-corrected chi connectivity index (χ3v) is 8.01. The summed E-state index contributed by atoms with van der Waals surface area (Å²) in [7, 11) is 1.66. The van der Waals surface area contributed by atoms with E-state index < -0.39 is 0 Å². The van der Waals surface area contributed by atoms with Gasteiger partial charge in [-0.05, 0) is 79.8 Å². The Kier molecular flexibility index (Phi) is 7.90. The van der Waals surface area contributed by atoms with Crippen molar-refractivity contribution in [3.63, 3.8) is 0 Å². The molecule has 3 atom stereocenters. The summed E-state index contributed by atoms with van der Waals surface area (Å²) in [4.78, 5) is 11.5. The lowest BCUT2D eigenvalue weighted by Crippen LogP contribution is -2.54. The standard InChI is InChI=1S/C31H37N7O2/c1-21-36-37-30(40-21)22-11-13-25(14-12-22)38-18-6-7-24(20-38)34-27-9-3-4-10-28(27)35-29-19-23(15-17-32-29)26-8-5-16-33-31(26)39-2/h5,8,11-17,19,24,27-28,34H,3-4,6-7,9-10,18,20H2,1-2H3,(H,32,35). The molecule has 1 aliphatic carbocycles. The molecule has 3 aromatic heterocycles. The third-order valence-electron chi connectivity index (χ3n) is 8.01. The van der Waals surface area contributed by atoms with Gasteiger partial charge < -0.3 is 24.7 Å². The molecule has 9 heteroatoms. The first-order valence-corrected chi connectivity index (χ1v) is 14.3. The highest BCUT2D eigenvalue weighted by atomic mass is 16.5. The number of aryl methyl sites for hydroxylation is 1. The zero-order valence-electron chi connectivity index (χ0n) is 23.2. The van der Waals surface area contributed by atoms with Crippen LogP contribution in [0.1, 0.15) is 44.4 Å². The number of nitrogens with zero attached hydrogens (tertiary/aromatic N) is 5. The predicted octanol–water partition coefficient (Wildman–Crippen LogP) is 5.49. The second kappa shape index (κ2) is 12.0. The maximum Gasteiger partial charge on any atom is 0.247 e. The minimum Gasteiger partial charge on any atom is -0.481 e. The van der Waals surface area contributed by atoms with Crippen LogP contribution in [0.4, 0.5) is 11.5 Å². The van der Waals surface area contributed by atoms with Crippen LogP contribution in [0.25, 0.3) is 22.6 Å². The van der Waals surface area contributed by atoms with E-state index in [0.717, 1.165) is 42.0 Å². The van der Waals surface area contributed by atoms with Gasteiger partial charge in [0.25, 0.3) is 0 Å². The zero-order valence-corrected chi connectivity index (χ0v) is 23.2. The summed E-state index contributed by atoms with van der Waals surface area (Å²) in [6, 6.07) is 17.7. The molecule has 4 aromatic rings. The Morgan fingerprint density at radius 1 is 0.900 bits per heavy atom. The second-order valence-corrected chi connectivity index (χ2v) is 10.8. The average molecular weight is 540 g/mol. The molecule has 0 bridgehead atoms. The minimum absolute atomic E-state index is 0.333. The molecular formula is C31H37N7O2. The van der Waals surface area contributed by atoms with Crippen molar-refractivity contribution in [1.29, 1.82) is 0 Å². The fourth-order valence-electron chi connectivity index (χ4n) is 6.02. The first-order chi connectivity index (χ1) is 19.7. The highest BCUT2D eigenvalue weighted by molar-refractivity contribution is 5.70. The summed E-state index contributed by atoms with van der Waals surface area (Å²) < 4.78 is 11.1. The van der Waals surface area contributed by atoms with Crippen LogP contribution in [0.5, 0.6) is 5.88 Å². The summed E-state index contributed by atoms with van der Waals surface area (Å²) in [6.45, 7) is 3.88. The smallest absolute Gasteiger partial charge is 0.247 e. The highest BCUT2D eigenvalue weighted by Gasteiger charge is 2.29. The Balaban J connectivity index is 1.11. The minimum atomic E-state index is 0.333. The summed E-state index contributed by atoms with van der Waals surface area (Å²) in [5.41, 5.74) is 4.20. The van der Waals surface area contributed by atoms with E-state index in [9.17, 15) is 0 Å². The molecule has 6 rings (SSSR count). The lowest BCUT2D eigenvalue weighted by Gasteiger charge is -2.40. The van der Waals surface area contributed by atoms with Gasteiger partial charge in [0.15, 0.2) is 0 Å². The molecule has 1 aliphatic heterocycles. The number of piperidine rings is 1. The molecule has 3 unspecified atom stereocenters. The van der Waals surface area contributed by atoms with Crippen LogP contribution in [0.15, 0.2) is 65.3 Å². The molecule has 1 aromatic carbocycles. The quantitative estimate of drug-likeness (QED) is 0.301. The van der Waals surface area contributed by atoms with Crippen molar-refractivity contribution in [1.82, 2.24) is 25.5 Å². The van der Waals surface area contributed by atoms with Crippen molar-refractivity contribution >= 4 is 11.5 Å². The molecule has 9 nitrogen and oxygen atoms in total. The Bertz CT molecular complexity index is 1410. The van der Waals surface area contributed by atoms with E-state index in [-0.39, 0.29) is 0 Å². The van der Waals surface area contributed by atoms with Crippen LogP contribution in [0.3, 0.4) is 0 Å². The highest BCUT2D eigenvalue weighted by Crippen LogP contribution is 2.30. The van der Waals surface area contributed by atoms with Crippen molar-refractivity contribution in [3.05, 3.63) is 66.8 Å². The molecule has 1 saturated carbocycles. The normalized spacial score (nSPS) is 21.2. The van der Waals surface area contributed by atoms with Gasteiger partial charge >= 0.3 is 0 Å². The lowest BCUT2D eigenvalue weighted by molar-refractivity contribution is 0.293. The predicted molar refractivity (Wildman–Crippen MR) is 157 cm³/mol. The van der Waals surface area contributed by atoms with Crippen molar-refractivity contribution in [2.24, 2.45) is 0 Å². The van der Waals surface area contributed by atoms with Gasteiger partial charge in [0.05, 0.1) is 7.11 Å². The molecule has 40 heavy (non-hydrogen) atoms. The molecule has 2 aliphatic rings. The van der Waals surface area contributed by atoms with E-state index in [0.29, 0.717) is 35.8 Å². The molecule has 0 spiro atoms. The van der Waals surface area contributed by atoms with Crippen LogP contribution in [0.2, 0.25) is 0 Å². The van der Waals surface area contributed by atoms with Gasteiger partial charge in [0.1, 0.15) is 5.82 Å². The number of rotatable bonds is 8. The van der Waals surface area contributed by atoms with Crippen LogP contribution in [-0.4, -0.2) is 58.5 Å². The fraction of sp³-hybridized carbons (Fsp3) is 0.419. The Morgan fingerprint density at radius 2 is 1.75 bits per heavy atom. The summed E-state index contributed by atoms with van der Waals surface area (Å²) in [5, 5.41) is 15.9. The van der Waals surface area contributed by atoms with E-state index in [2.05, 4.69) is 66.0 Å². The number of aromatic nitrogens is 4. The van der Waals surface area contributed by atoms with Gasteiger partial charge in [0.2, 0.25) is 17.7 Å². The number of ether oxygens (including phenoxy) is 1. The monoisotopic (exact) mass is 539 g/mol. The van der Waals surface area contributed by atoms with Crippen LogP contribution in [0, 0.1) is 6.92 Å². The summed E-state index contributed by atoms with van der Waals surface area (Å²) in [6.07, 6.45) is 10.8. The summed E-state index contributed by atoms with van der Waals surface area (Å²) in [5.74, 6) is 2.66. The van der Waals surface area contributed by atoms with Gasteiger partial charge in [-0.15, -0.1) is 10.2 Å². The number of anilines is 2. The van der Waals surface area contributed by atoms with E-state index >= 15 is 0 Å². The lowest BCUT2D eigenvalue weighted by atomic mass is 9.89. The van der Waals surface area contributed by atoms with Crippen molar-refractivity contribution in [2.75, 3.05) is 30.4 Å². The van der Waals surface area contributed by atoms with E-state index in [1.807, 2.05) is 31.3 Å². The fourth-order valence-corrected chi connectivity index (χ4v) is 6.02. The number of nitrogens with one attached hydrogen (secondary N) is 2. The molecule has 1 saturated heterocycles. The SMILES string of the molecule is COc1ncccc1-c1ccnc(NC2CCCCC2NC2CCCN(c3ccc(-c4nnc(C)o4)cc3)C2)c1. The van der Waals surface area contributed by atoms with Gasteiger partial charge in [-0.3, -0.25) is 0 Å². The maximum absolute atomic E-state index is 5.58. The largest absolute Gasteiger partial charge is 0.481 e. The molecular weight excluding hydrogens is 502 g/mol. The number of benzene rings is 1. The van der Waals surface area contributed by atoms with Crippen molar-refractivity contribution in [3.8, 4) is 28.5 Å². The molecule has 0 radical (unpaired) electrons. The first kappa shape index (κ1) is 26.3. The van der Waals surface area contributed by atoms with Gasteiger partial charge in [0, 0.05) is 67.3 Å². The molecule has 208 valence electrons. The van der Waals surface area contributed by atoms with E-state index in [1.54, 1.807) is 13.3 Å². The third kappa shape index (κ3) is 5.94. The van der Waals surface area contributed by atoms with Gasteiger partial charge in [-0.1, -0.05) is 12.8 Å². The van der Waals surface area contributed by atoms with Crippen molar-refractivity contribution < 1.29 is 9.15 Å². The first-order valence-electron chi connectivity index (χ1n) is 14.3. The van der Waals surface area contributed by atoms with Crippen molar-refractivity contribution in [2.45, 2.75) is 63.6 Å². The maximum atomic E-state index is 5.58. The molecule has 2 N–H and O–H groups in total. The second-order valence-electron chi connectivity index (χ2n) is 10.8. The van der Waals surface area contributed by atoms with Gasteiger partial charge in [-0.25, -0.2) is 9.97 Å².